The molecule has 0 saturated heterocycles. The lowest BCUT2D eigenvalue weighted by atomic mass is 10.2. The maximum atomic E-state index is 12.1. The summed E-state index contributed by atoms with van der Waals surface area (Å²) in [6.07, 6.45) is 3.87. The minimum atomic E-state index is -0.336. The zero-order valence-electron chi connectivity index (χ0n) is 15.1. The van der Waals surface area contributed by atoms with Crippen LogP contribution in [0.2, 0.25) is 0 Å². The molecular weight excluding hydrogens is 352 g/mol. The Hall–Kier alpha value is -2.48. The monoisotopic (exact) mass is 376 g/mol. The summed E-state index contributed by atoms with van der Waals surface area (Å²) in [5, 5.41) is 14.5. The van der Waals surface area contributed by atoms with Crippen molar-refractivity contribution in [3.05, 3.63) is 34.8 Å². The normalized spacial score (nSPS) is 10.4. The first-order valence-corrected chi connectivity index (χ1v) is 9.57. The van der Waals surface area contributed by atoms with E-state index in [1.807, 2.05) is 0 Å². The molecule has 2 amide bonds. The second-order valence-corrected chi connectivity index (χ2v) is 6.77. The van der Waals surface area contributed by atoms with E-state index >= 15 is 0 Å². The maximum Gasteiger partial charge on any atom is 0.251 e. The average Bonchev–Trinajstić information content (AvgIpc) is 3.08. The topological polar surface area (TPSA) is 93.2 Å². The summed E-state index contributed by atoms with van der Waals surface area (Å²) in [5.74, 6) is 0.0770. The van der Waals surface area contributed by atoms with Crippen LogP contribution in [0.15, 0.2) is 24.3 Å². The first-order chi connectivity index (χ1) is 12.6. The molecule has 7 nitrogen and oxygen atoms in total. The molecule has 0 aliphatic carbocycles. The minimum Gasteiger partial charge on any atom is -0.494 e. The van der Waals surface area contributed by atoms with Gasteiger partial charge in [-0.05, 0) is 37.1 Å². The Morgan fingerprint density at radius 1 is 1.12 bits per heavy atom. The molecule has 0 bridgehead atoms. The van der Waals surface area contributed by atoms with Crippen molar-refractivity contribution in [3.8, 4) is 5.75 Å². The van der Waals surface area contributed by atoms with Gasteiger partial charge in [0.25, 0.3) is 5.91 Å². The van der Waals surface area contributed by atoms with Gasteiger partial charge in [0, 0.05) is 12.0 Å². The molecule has 0 saturated carbocycles. The second-order valence-electron chi connectivity index (χ2n) is 5.71. The van der Waals surface area contributed by atoms with Gasteiger partial charge in [-0.2, -0.15) is 0 Å². The highest BCUT2D eigenvalue weighted by Crippen LogP contribution is 2.16. The Bertz CT molecular complexity index is 715. The predicted molar refractivity (Wildman–Crippen MR) is 102 cm³/mol. The molecule has 0 radical (unpaired) electrons. The van der Waals surface area contributed by atoms with Gasteiger partial charge in [-0.1, -0.05) is 31.6 Å². The summed E-state index contributed by atoms with van der Waals surface area (Å²) in [7, 11) is 0. The third-order valence-corrected chi connectivity index (χ3v) is 4.37. The van der Waals surface area contributed by atoms with Crippen molar-refractivity contribution in [3.63, 3.8) is 0 Å². The van der Waals surface area contributed by atoms with Crippen molar-refractivity contribution < 1.29 is 14.3 Å². The molecule has 1 aromatic carbocycles. The van der Waals surface area contributed by atoms with Crippen LogP contribution in [0.25, 0.3) is 0 Å². The Labute approximate surface area is 157 Å². The highest BCUT2D eigenvalue weighted by molar-refractivity contribution is 7.15. The van der Waals surface area contributed by atoms with E-state index in [2.05, 4.69) is 34.7 Å². The smallest absolute Gasteiger partial charge is 0.251 e. The van der Waals surface area contributed by atoms with E-state index < -0.39 is 0 Å². The maximum absolute atomic E-state index is 12.1. The lowest BCUT2D eigenvalue weighted by molar-refractivity contribution is -0.115. The molecule has 140 valence electrons. The van der Waals surface area contributed by atoms with Crippen LogP contribution in [0.4, 0.5) is 5.13 Å². The van der Waals surface area contributed by atoms with Gasteiger partial charge < -0.3 is 10.1 Å². The molecule has 2 aromatic rings. The van der Waals surface area contributed by atoms with Crippen molar-refractivity contribution in [1.29, 1.82) is 0 Å². The lowest BCUT2D eigenvalue weighted by Crippen LogP contribution is -2.32. The summed E-state index contributed by atoms with van der Waals surface area (Å²) in [4.78, 5) is 24.0. The molecule has 2 N–H and O–H groups in total. The fraction of sp³-hybridized carbons (Fsp3) is 0.444. The largest absolute Gasteiger partial charge is 0.494 e. The Morgan fingerprint density at radius 2 is 1.88 bits per heavy atom. The van der Waals surface area contributed by atoms with Crippen LogP contribution in [0, 0.1) is 0 Å². The van der Waals surface area contributed by atoms with Gasteiger partial charge >= 0.3 is 0 Å². The number of nitrogens with one attached hydrogen (secondary N) is 2. The van der Waals surface area contributed by atoms with Crippen molar-refractivity contribution in [2.45, 2.75) is 39.5 Å². The molecule has 0 aliphatic heterocycles. The third kappa shape index (κ3) is 6.44. The Balaban J connectivity index is 1.77. The van der Waals surface area contributed by atoms with E-state index in [1.54, 1.807) is 24.3 Å². The first-order valence-electron chi connectivity index (χ1n) is 8.75. The van der Waals surface area contributed by atoms with Crippen molar-refractivity contribution in [2.75, 3.05) is 18.5 Å². The molecule has 0 aliphatic rings. The van der Waals surface area contributed by atoms with Crippen LogP contribution in [0.3, 0.4) is 0 Å². The zero-order valence-corrected chi connectivity index (χ0v) is 15.9. The number of aromatic nitrogens is 2. The molecule has 8 heteroatoms. The zero-order chi connectivity index (χ0) is 18.8. The molecule has 26 heavy (non-hydrogen) atoms. The van der Waals surface area contributed by atoms with Crippen LogP contribution in [-0.2, 0) is 11.2 Å². The third-order valence-electron chi connectivity index (χ3n) is 3.47. The number of carbonyl (C=O) groups is 2. The minimum absolute atomic E-state index is 0.129. The number of unbranched alkanes of at least 4 members (excludes halogenated alkanes) is 1. The number of benzene rings is 1. The molecule has 2 rings (SSSR count). The Morgan fingerprint density at radius 3 is 2.58 bits per heavy atom. The fourth-order valence-electron chi connectivity index (χ4n) is 2.08. The van der Waals surface area contributed by atoms with Crippen LogP contribution < -0.4 is 15.4 Å². The fourth-order valence-corrected chi connectivity index (χ4v) is 2.94. The summed E-state index contributed by atoms with van der Waals surface area (Å²) in [5.41, 5.74) is 0.474. The summed E-state index contributed by atoms with van der Waals surface area (Å²) in [6, 6.07) is 6.86. The predicted octanol–water partition coefficient (Wildman–Crippen LogP) is 3.04. The first kappa shape index (κ1) is 19.8. The summed E-state index contributed by atoms with van der Waals surface area (Å²) >= 11 is 1.35. The highest BCUT2D eigenvalue weighted by atomic mass is 32.1. The van der Waals surface area contributed by atoms with Crippen LogP contribution in [0.1, 0.15) is 48.5 Å². The van der Waals surface area contributed by atoms with Gasteiger partial charge in [-0.15, -0.1) is 10.2 Å². The number of hydrogen-bond acceptors (Lipinski definition) is 6. The number of hydrogen-bond donors (Lipinski definition) is 2. The second kappa shape index (κ2) is 10.5. The van der Waals surface area contributed by atoms with Gasteiger partial charge in [-0.3, -0.25) is 14.9 Å². The Kier molecular flexibility index (Phi) is 8.01. The highest BCUT2D eigenvalue weighted by Gasteiger charge is 2.11. The molecule has 0 fully saturated rings. The van der Waals surface area contributed by atoms with Gasteiger partial charge in [0.1, 0.15) is 10.8 Å². The van der Waals surface area contributed by atoms with Gasteiger partial charge in [0.2, 0.25) is 11.0 Å². The number of ether oxygens (including phenoxy) is 1. The molecule has 0 unspecified atom stereocenters. The van der Waals surface area contributed by atoms with E-state index in [0.29, 0.717) is 17.3 Å². The molecular formula is C18H24N4O3S. The number of anilines is 1. The lowest BCUT2D eigenvalue weighted by Gasteiger charge is -2.07. The van der Waals surface area contributed by atoms with Gasteiger partial charge in [0.15, 0.2) is 0 Å². The number of nitrogens with zero attached hydrogens (tertiary/aromatic N) is 2. The number of aryl methyl sites for hydroxylation is 1. The molecule has 1 heterocycles. The quantitative estimate of drug-likeness (QED) is 0.622. The van der Waals surface area contributed by atoms with Crippen LogP contribution >= 0.6 is 11.3 Å². The van der Waals surface area contributed by atoms with E-state index in [4.69, 9.17) is 4.74 Å². The van der Waals surface area contributed by atoms with Crippen molar-refractivity contribution >= 4 is 28.3 Å². The molecule has 0 atom stereocenters. The standard InChI is InChI=1S/C18H24N4O3S/c1-3-5-11-25-14-9-7-13(8-10-14)17(24)19-12-15(23)20-18-22-21-16(26-18)6-4-2/h7-10H,3-6,11-12H2,1-2H3,(H,19,24)(H,20,22,23). The molecule has 0 spiro atoms. The van der Waals surface area contributed by atoms with Crippen LogP contribution in [-0.4, -0.2) is 35.2 Å². The van der Waals surface area contributed by atoms with Crippen molar-refractivity contribution in [2.24, 2.45) is 0 Å². The average molecular weight is 376 g/mol. The van der Waals surface area contributed by atoms with Crippen LogP contribution in [0.5, 0.6) is 5.75 Å². The van der Waals surface area contributed by atoms with E-state index in [1.165, 1.54) is 11.3 Å². The van der Waals surface area contributed by atoms with Crippen molar-refractivity contribution in [1.82, 2.24) is 15.5 Å². The summed E-state index contributed by atoms with van der Waals surface area (Å²) in [6.45, 7) is 4.69. The number of rotatable bonds is 10. The van der Waals surface area contributed by atoms with E-state index in [0.717, 1.165) is 36.4 Å². The number of carbonyl (C=O) groups excluding carboxylic acids is 2. The summed E-state index contributed by atoms with van der Waals surface area (Å²) < 4.78 is 5.56. The van der Waals surface area contributed by atoms with Gasteiger partial charge in [-0.25, -0.2) is 0 Å². The van der Waals surface area contributed by atoms with E-state index in [9.17, 15) is 9.59 Å². The molecule has 1 aromatic heterocycles. The van der Waals surface area contributed by atoms with Gasteiger partial charge in [0.05, 0.1) is 13.2 Å². The van der Waals surface area contributed by atoms with E-state index in [-0.39, 0.29) is 18.4 Å². The SMILES string of the molecule is CCCCOc1ccc(C(=O)NCC(=O)Nc2nnc(CCC)s2)cc1. The number of amides is 2.